The maximum absolute atomic E-state index is 14.7. The number of nitriles is 1. The maximum Gasteiger partial charge on any atom is 0.408 e. The molecule has 0 saturated heterocycles. The molecule has 1 fully saturated rings. The third-order valence-electron chi connectivity index (χ3n) is 8.50. The quantitative estimate of drug-likeness (QED) is 0.183. The fourth-order valence-electron chi connectivity index (χ4n) is 6.15. The molecule has 1 aliphatic carbocycles. The van der Waals surface area contributed by atoms with Gasteiger partial charge in [0.25, 0.3) is 0 Å². The van der Waals surface area contributed by atoms with Crippen LogP contribution in [0.4, 0.5) is 4.79 Å². The number of Topliss-reactive ketones (excluding diaryl/α,β-unsaturated/α-hetero) is 1. The van der Waals surface area contributed by atoms with Crippen LogP contribution in [0.25, 0.3) is 0 Å². The largest absolute Gasteiger partial charge is 0.443 e. The summed E-state index contributed by atoms with van der Waals surface area (Å²) in [5.41, 5.74) is 0.530. The summed E-state index contributed by atoms with van der Waals surface area (Å²) >= 11 is 0. The minimum absolute atomic E-state index is 0.171. The molecule has 0 aliphatic heterocycles. The Morgan fingerprint density at radius 2 is 1.30 bits per heavy atom. The van der Waals surface area contributed by atoms with Crippen LogP contribution in [-0.4, -0.2) is 28.8 Å². The van der Waals surface area contributed by atoms with E-state index in [4.69, 9.17) is 4.74 Å². The van der Waals surface area contributed by atoms with Gasteiger partial charge in [0.15, 0.2) is 5.78 Å². The molecule has 0 heterocycles. The highest BCUT2D eigenvalue weighted by atomic mass is 31.2. The van der Waals surface area contributed by atoms with E-state index < -0.39 is 24.6 Å². The molecule has 1 saturated carbocycles. The minimum atomic E-state index is -2.92. The zero-order valence-corrected chi connectivity index (χ0v) is 26.1. The number of benzene rings is 4. The normalized spacial score (nSPS) is 14.4. The molecule has 0 spiro atoms. The van der Waals surface area contributed by atoms with Gasteiger partial charge in [0.1, 0.15) is 17.0 Å². The molecular formula is C38H39N2O3P. The monoisotopic (exact) mass is 602 g/mol. The number of ether oxygens (including phenoxy) is 1. The lowest BCUT2D eigenvalue weighted by atomic mass is 9.76. The van der Waals surface area contributed by atoms with Gasteiger partial charge in [-0.2, -0.15) is 5.26 Å². The number of rotatable bonds is 12. The Balaban J connectivity index is 1.59. The van der Waals surface area contributed by atoms with Crippen LogP contribution in [-0.2, 0) is 16.0 Å². The molecule has 0 aromatic heterocycles. The van der Waals surface area contributed by atoms with Crippen molar-refractivity contribution < 1.29 is 14.3 Å². The van der Waals surface area contributed by atoms with Crippen LogP contribution in [0.2, 0.25) is 0 Å². The van der Waals surface area contributed by atoms with E-state index in [1.807, 2.05) is 128 Å². The van der Waals surface area contributed by atoms with E-state index in [9.17, 15) is 14.9 Å². The van der Waals surface area contributed by atoms with E-state index in [0.29, 0.717) is 12.8 Å². The van der Waals surface area contributed by atoms with E-state index in [1.54, 1.807) is 0 Å². The highest BCUT2D eigenvalue weighted by molar-refractivity contribution is 7.97. The van der Waals surface area contributed by atoms with Crippen LogP contribution < -0.4 is 21.2 Å². The number of nitrogens with one attached hydrogen (secondary N) is 1. The lowest BCUT2D eigenvalue weighted by Gasteiger charge is -2.41. The Kier molecular flexibility index (Phi) is 10.2. The number of unbranched alkanes of at least 4 members (excludes halogenated alkanes) is 1. The van der Waals surface area contributed by atoms with Crippen molar-refractivity contribution in [3.63, 3.8) is 0 Å². The third kappa shape index (κ3) is 6.57. The first-order valence-electron chi connectivity index (χ1n) is 15.4. The first-order valence-corrected chi connectivity index (χ1v) is 17.2. The topological polar surface area (TPSA) is 79.2 Å². The molecule has 5 nitrogen and oxygen atoms in total. The summed E-state index contributed by atoms with van der Waals surface area (Å²) in [7, 11) is 0. The van der Waals surface area contributed by atoms with Crippen molar-refractivity contribution in [2.75, 3.05) is 0 Å². The molecule has 6 heteroatoms. The molecular weight excluding hydrogens is 563 g/mol. The molecule has 4 aromatic rings. The number of hydrogen-bond donors (Lipinski definition) is 1. The van der Waals surface area contributed by atoms with Gasteiger partial charge in [-0.15, -0.1) is 0 Å². The molecule has 44 heavy (non-hydrogen) atoms. The standard InChI is InChI=1S/C38H39N2O3P/c1-2-3-25-34(40-37(42)43-38(26-16-27-38)28-30-17-8-4-9-18-30)36(41)35(29-39)44(31-19-10-5-11-20-31,32-21-12-6-13-22-32)33-23-14-7-15-24-33/h4-15,17-24,34H,2-3,16,25-28H2,1H3,(H,40,42)/t34-/m0/s1. The SMILES string of the molecule is CCCC[C@H](NC(=O)OC1(Cc2ccccc2)CCC1)C(=O)C(C#N)=P(c1ccccc1)(c1ccccc1)c1ccccc1. The van der Waals surface area contributed by atoms with Crippen molar-refractivity contribution in [1.29, 1.82) is 5.26 Å². The Morgan fingerprint density at radius 1 is 0.818 bits per heavy atom. The van der Waals surface area contributed by atoms with Gasteiger partial charge in [0.2, 0.25) is 0 Å². The number of amides is 1. The van der Waals surface area contributed by atoms with Crippen LogP contribution in [0.1, 0.15) is 51.0 Å². The molecule has 224 valence electrons. The Labute approximate surface area is 260 Å². The minimum Gasteiger partial charge on any atom is -0.443 e. The number of carbonyl (C=O) groups is 2. The van der Waals surface area contributed by atoms with Gasteiger partial charge in [-0.25, -0.2) is 4.79 Å². The smallest absolute Gasteiger partial charge is 0.408 e. The summed E-state index contributed by atoms with van der Waals surface area (Å²) < 4.78 is 6.11. The number of carbonyl (C=O) groups excluding carboxylic acids is 2. The van der Waals surface area contributed by atoms with Gasteiger partial charge in [-0.05, 0) is 54.0 Å². The number of ketones is 1. The Morgan fingerprint density at radius 3 is 1.70 bits per heavy atom. The zero-order valence-electron chi connectivity index (χ0n) is 25.2. The summed E-state index contributed by atoms with van der Waals surface area (Å²) in [6.45, 7) is -0.868. The van der Waals surface area contributed by atoms with Gasteiger partial charge < -0.3 is 10.1 Å². The lowest BCUT2D eigenvalue weighted by Crippen LogP contribution is -2.51. The molecule has 0 radical (unpaired) electrons. The van der Waals surface area contributed by atoms with Crippen molar-refractivity contribution in [1.82, 2.24) is 5.32 Å². The molecule has 1 aliphatic rings. The first-order chi connectivity index (χ1) is 21.5. The van der Waals surface area contributed by atoms with Crippen LogP contribution >= 0.6 is 6.89 Å². The molecule has 5 rings (SSSR count). The third-order valence-corrected chi connectivity index (χ3v) is 12.7. The highest BCUT2D eigenvalue weighted by Gasteiger charge is 2.42. The molecule has 1 N–H and O–H groups in total. The predicted octanol–water partition coefficient (Wildman–Crippen LogP) is 6.70. The summed E-state index contributed by atoms with van der Waals surface area (Å²) in [5.74, 6) is -0.353. The molecule has 1 atom stereocenters. The van der Waals surface area contributed by atoms with Crippen molar-refractivity contribution in [3.05, 3.63) is 127 Å². The second kappa shape index (κ2) is 14.4. The maximum atomic E-state index is 14.7. The fourth-order valence-corrected chi connectivity index (χ4v) is 10.3. The van der Waals surface area contributed by atoms with E-state index in [0.717, 1.165) is 53.6 Å². The first kappa shape index (κ1) is 31.0. The Bertz CT molecular complexity index is 1540. The van der Waals surface area contributed by atoms with E-state index in [1.165, 1.54) is 0 Å². The lowest BCUT2D eigenvalue weighted by molar-refractivity contribution is -0.115. The summed E-state index contributed by atoms with van der Waals surface area (Å²) in [5, 5.41) is 16.7. The second-order valence-electron chi connectivity index (χ2n) is 11.4. The number of hydrogen-bond acceptors (Lipinski definition) is 4. The second-order valence-corrected chi connectivity index (χ2v) is 14.8. The van der Waals surface area contributed by atoms with Gasteiger partial charge in [0, 0.05) is 6.42 Å². The van der Waals surface area contributed by atoms with Crippen LogP contribution in [0.5, 0.6) is 0 Å². The predicted molar refractivity (Wildman–Crippen MR) is 180 cm³/mol. The molecule has 0 bridgehead atoms. The van der Waals surface area contributed by atoms with Gasteiger partial charge >= 0.3 is 6.09 Å². The number of alkyl carbamates (subject to hydrolysis) is 1. The van der Waals surface area contributed by atoms with Crippen molar-refractivity contribution in [2.24, 2.45) is 0 Å². The number of nitrogens with zero attached hydrogens (tertiary/aromatic N) is 1. The van der Waals surface area contributed by atoms with E-state index in [-0.39, 0.29) is 11.1 Å². The van der Waals surface area contributed by atoms with Crippen LogP contribution in [0.15, 0.2) is 121 Å². The van der Waals surface area contributed by atoms with Gasteiger partial charge in [-0.1, -0.05) is 141 Å². The highest BCUT2D eigenvalue weighted by Crippen LogP contribution is 2.46. The van der Waals surface area contributed by atoms with Crippen LogP contribution in [0, 0.1) is 11.3 Å². The summed E-state index contributed by atoms with van der Waals surface area (Å²) in [6.07, 6.45) is 4.56. The summed E-state index contributed by atoms with van der Waals surface area (Å²) in [4.78, 5) is 28.2. The van der Waals surface area contributed by atoms with E-state index >= 15 is 0 Å². The molecule has 4 aromatic carbocycles. The summed E-state index contributed by atoms with van der Waals surface area (Å²) in [6, 6.07) is 41.1. The molecule has 0 unspecified atom stereocenters. The van der Waals surface area contributed by atoms with Gasteiger partial charge in [0.05, 0.1) is 6.04 Å². The molecule has 1 amide bonds. The van der Waals surface area contributed by atoms with Crippen LogP contribution in [0.3, 0.4) is 0 Å². The van der Waals surface area contributed by atoms with E-state index in [2.05, 4.69) is 11.4 Å². The van der Waals surface area contributed by atoms with Crippen molar-refractivity contribution in [2.45, 2.75) is 63.5 Å². The zero-order chi connectivity index (χ0) is 30.8. The average Bonchev–Trinajstić information content (AvgIpc) is 3.06. The van der Waals surface area contributed by atoms with Crippen molar-refractivity contribution in [3.8, 4) is 6.07 Å². The average molecular weight is 603 g/mol. The van der Waals surface area contributed by atoms with Gasteiger partial charge in [-0.3, -0.25) is 4.79 Å². The van der Waals surface area contributed by atoms with Crippen molar-refractivity contribution >= 4 is 40.0 Å². The fraction of sp³-hybridized carbons (Fsp3) is 0.263. The Hall–Kier alpha value is -4.39.